The molecule has 0 aromatic carbocycles. The molecule has 0 saturated carbocycles. The molecule has 3 aromatic heterocycles. The summed E-state index contributed by atoms with van der Waals surface area (Å²) in [5.41, 5.74) is -0.237. The van der Waals surface area contributed by atoms with E-state index in [4.69, 9.17) is 0 Å². The minimum atomic E-state index is -0.645. The number of amides is 1. The SMILES string of the molecule is Cc1ccc(CN(C(=O)c2cc(C)c3c(=O)[nH]c(=O)[nH]c3n2)C(C)C)s1. The van der Waals surface area contributed by atoms with E-state index in [2.05, 4.69) is 15.0 Å². The molecule has 0 spiro atoms. The summed E-state index contributed by atoms with van der Waals surface area (Å²) in [5, 5.41) is 0.283. The molecule has 8 heteroatoms. The van der Waals surface area contributed by atoms with Crippen molar-refractivity contribution in [2.24, 2.45) is 0 Å². The summed E-state index contributed by atoms with van der Waals surface area (Å²) < 4.78 is 0. The van der Waals surface area contributed by atoms with Gasteiger partial charge in [0.15, 0.2) is 0 Å². The molecule has 26 heavy (non-hydrogen) atoms. The first-order chi connectivity index (χ1) is 12.3. The van der Waals surface area contributed by atoms with E-state index in [1.807, 2.05) is 32.9 Å². The molecule has 3 heterocycles. The molecule has 1 amide bonds. The van der Waals surface area contributed by atoms with Gasteiger partial charge in [-0.15, -0.1) is 11.3 Å². The number of aromatic amines is 2. The number of pyridine rings is 1. The number of carbonyl (C=O) groups is 1. The number of aryl methyl sites for hydroxylation is 2. The van der Waals surface area contributed by atoms with Gasteiger partial charge in [0.25, 0.3) is 11.5 Å². The standard InChI is InChI=1S/C18H20N4O3S/c1-9(2)22(8-12-6-5-11(4)26-12)17(24)13-7-10(3)14-15(19-13)20-18(25)21-16(14)23/h5-7,9H,8H2,1-4H3,(H2,19,20,21,23,25). The first-order valence-electron chi connectivity index (χ1n) is 8.26. The lowest BCUT2D eigenvalue weighted by Crippen LogP contribution is -2.37. The normalized spacial score (nSPS) is 11.3. The lowest BCUT2D eigenvalue weighted by molar-refractivity contribution is 0.0686. The quantitative estimate of drug-likeness (QED) is 0.734. The molecule has 7 nitrogen and oxygen atoms in total. The zero-order valence-corrected chi connectivity index (χ0v) is 15.9. The van der Waals surface area contributed by atoms with Crippen LogP contribution in [0.15, 0.2) is 27.8 Å². The molecule has 3 rings (SSSR count). The first kappa shape index (κ1) is 18.1. The van der Waals surface area contributed by atoms with Gasteiger partial charge >= 0.3 is 5.69 Å². The molecule has 0 bridgehead atoms. The Balaban J connectivity index is 2.04. The fourth-order valence-corrected chi connectivity index (χ4v) is 3.73. The Morgan fingerprint density at radius 1 is 1.23 bits per heavy atom. The highest BCUT2D eigenvalue weighted by atomic mass is 32.1. The van der Waals surface area contributed by atoms with Gasteiger partial charge in [0, 0.05) is 15.8 Å². The van der Waals surface area contributed by atoms with Crippen molar-refractivity contribution in [3.05, 3.63) is 60.0 Å². The summed E-state index contributed by atoms with van der Waals surface area (Å²) in [6.45, 7) is 8.12. The maximum Gasteiger partial charge on any atom is 0.327 e. The van der Waals surface area contributed by atoms with E-state index in [9.17, 15) is 14.4 Å². The Kier molecular flexibility index (Phi) is 4.78. The minimum Gasteiger partial charge on any atom is -0.330 e. The summed E-state index contributed by atoms with van der Waals surface area (Å²) in [7, 11) is 0. The molecule has 0 fully saturated rings. The van der Waals surface area contributed by atoms with Gasteiger partial charge in [-0.2, -0.15) is 0 Å². The zero-order chi connectivity index (χ0) is 19.0. The van der Waals surface area contributed by atoms with Crippen LogP contribution in [0.2, 0.25) is 0 Å². The van der Waals surface area contributed by atoms with Crippen molar-refractivity contribution >= 4 is 28.3 Å². The Morgan fingerprint density at radius 2 is 1.96 bits per heavy atom. The van der Waals surface area contributed by atoms with E-state index in [1.54, 1.807) is 29.2 Å². The smallest absolute Gasteiger partial charge is 0.327 e. The highest BCUT2D eigenvalue weighted by Crippen LogP contribution is 2.20. The lowest BCUT2D eigenvalue weighted by atomic mass is 10.1. The molecule has 0 aliphatic carbocycles. The molecule has 0 radical (unpaired) electrons. The van der Waals surface area contributed by atoms with Crippen molar-refractivity contribution in [2.45, 2.75) is 40.3 Å². The van der Waals surface area contributed by atoms with Crippen molar-refractivity contribution in [1.29, 1.82) is 0 Å². The van der Waals surface area contributed by atoms with Crippen molar-refractivity contribution in [3.8, 4) is 0 Å². The van der Waals surface area contributed by atoms with Crippen LogP contribution in [0.25, 0.3) is 11.0 Å². The van der Waals surface area contributed by atoms with E-state index >= 15 is 0 Å². The van der Waals surface area contributed by atoms with E-state index in [0.717, 1.165) is 4.88 Å². The fourth-order valence-electron chi connectivity index (χ4n) is 2.84. The third-order valence-electron chi connectivity index (χ3n) is 4.13. The molecule has 0 aliphatic rings. The van der Waals surface area contributed by atoms with Crippen LogP contribution < -0.4 is 11.2 Å². The second kappa shape index (κ2) is 6.87. The summed E-state index contributed by atoms with van der Waals surface area (Å²) in [6, 6.07) is 5.60. The van der Waals surface area contributed by atoms with Crippen LogP contribution in [-0.2, 0) is 6.54 Å². The Labute approximate surface area is 153 Å². The van der Waals surface area contributed by atoms with E-state index in [0.29, 0.717) is 12.1 Å². The molecule has 0 atom stereocenters. The largest absolute Gasteiger partial charge is 0.330 e. The minimum absolute atomic E-state index is 0.0269. The highest BCUT2D eigenvalue weighted by molar-refractivity contribution is 7.11. The maximum atomic E-state index is 13.1. The number of aromatic nitrogens is 3. The topological polar surface area (TPSA) is 98.9 Å². The zero-order valence-electron chi connectivity index (χ0n) is 15.0. The number of rotatable bonds is 4. The number of hydrogen-bond acceptors (Lipinski definition) is 5. The van der Waals surface area contributed by atoms with E-state index < -0.39 is 11.2 Å². The number of fused-ring (bicyclic) bond motifs is 1. The molecular formula is C18H20N4O3S. The highest BCUT2D eigenvalue weighted by Gasteiger charge is 2.22. The van der Waals surface area contributed by atoms with Crippen molar-refractivity contribution < 1.29 is 4.79 Å². The van der Waals surface area contributed by atoms with Gasteiger partial charge in [-0.25, -0.2) is 9.78 Å². The number of H-pyrrole nitrogens is 2. The summed E-state index contributed by atoms with van der Waals surface area (Å²) >= 11 is 1.65. The van der Waals surface area contributed by atoms with Crippen LogP contribution in [0.5, 0.6) is 0 Å². The number of thiophene rings is 1. The van der Waals surface area contributed by atoms with E-state index in [-0.39, 0.29) is 28.7 Å². The van der Waals surface area contributed by atoms with Gasteiger partial charge in [-0.3, -0.25) is 19.6 Å². The molecule has 0 unspecified atom stereocenters. The molecule has 3 aromatic rings. The lowest BCUT2D eigenvalue weighted by Gasteiger charge is -2.26. The average Bonchev–Trinajstić information content (AvgIpc) is 2.95. The van der Waals surface area contributed by atoms with E-state index in [1.165, 1.54) is 4.88 Å². The Hall–Kier alpha value is -2.74. The van der Waals surface area contributed by atoms with Crippen LogP contribution in [0.3, 0.4) is 0 Å². The third kappa shape index (κ3) is 3.45. The van der Waals surface area contributed by atoms with Crippen LogP contribution in [0.4, 0.5) is 0 Å². The molecule has 0 saturated heterocycles. The van der Waals surface area contributed by atoms with Gasteiger partial charge in [0.2, 0.25) is 0 Å². The van der Waals surface area contributed by atoms with Crippen molar-refractivity contribution in [3.63, 3.8) is 0 Å². The maximum absolute atomic E-state index is 13.1. The van der Waals surface area contributed by atoms with Gasteiger partial charge in [-0.1, -0.05) is 0 Å². The second-order valence-electron chi connectivity index (χ2n) is 6.50. The number of hydrogen-bond donors (Lipinski definition) is 2. The van der Waals surface area contributed by atoms with Gasteiger partial charge < -0.3 is 4.90 Å². The summed E-state index contributed by atoms with van der Waals surface area (Å²) in [5.74, 6) is -0.239. The van der Waals surface area contributed by atoms with Crippen molar-refractivity contribution in [1.82, 2.24) is 19.9 Å². The molecule has 2 N–H and O–H groups in total. The molecular weight excluding hydrogens is 352 g/mol. The van der Waals surface area contributed by atoms with Gasteiger partial charge in [-0.05, 0) is 51.5 Å². The van der Waals surface area contributed by atoms with Crippen LogP contribution >= 0.6 is 11.3 Å². The predicted molar refractivity (Wildman–Crippen MR) is 102 cm³/mol. The monoisotopic (exact) mass is 372 g/mol. The fraction of sp³-hybridized carbons (Fsp3) is 0.333. The number of nitrogens with one attached hydrogen (secondary N) is 2. The summed E-state index contributed by atoms with van der Waals surface area (Å²) in [6.07, 6.45) is 0. The summed E-state index contributed by atoms with van der Waals surface area (Å²) in [4.78, 5) is 49.5. The average molecular weight is 372 g/mol. The van der Waals surface area contributed by atoms with Crippen LogP contribution in [0, 0.1) is 13.8 Å². The number of carbonyl (C=O) groups excluding carboxylic acids is 1. The first-order valence-corrected chi connectivity index (χ1v) is 9.08. The van der Waals surface area contributed by atoms with Gasteiger partial charge in [0.05, 0.1) is 11.9 Å². The molecule has 0 aliphatic heterocycles. The van der Waals surface area contributed by atoms with Crippen LogP contribution in [0.1, 0.15) is 39.7 Å². The molecule has 136 valence electrons. The Morgan fingerprint density at radius 3 is 2.58 bits per heavy atom. The van der Waals surface area contributed by atoms with Crippen LogP contribution in [-0.4, -0.2) is 31.8 Å². The predicted octanol–water partition coefficient (Wildman–Crippen LogP) is 2.34. The second-order valence-corrected chi connectivity index (χ2v) is 7.87. The third-order valence-corrected chi connectivity index (χ3v) is 5.11. The number of nitrogens with zero attached hydrogens (tertiary/aromatic N) is 2. The van der Waals surface area contributed by atoms with Gasteiger partial charge in [0.1, 0.15) is 11.3 Å². The Bertz CT molecular complexity index is 1090. The van der Waals surface area contributed by atoms with Crippen molar-refractivity contribution in [2.75, 3.05) is 0 Å².